The molecule has 0 bridgehead atoms. The van der Waals surface area contributed by atoms with Crippen LogP contribution in [0.25, 0.3) is 0 Å². The number of thioether (sulfide) groups is 1. The van der Waals surface area contributed by atoms with Crippen molar-refractivity contribution in [2.45, 2.75) is 49.1 Å². The first-order valence-electron chi connectivity index (χ1n) is 7.08. The van der Waals surface area contributed by atoms with E-state index < -0.39 is 5.51 Å². The van der Waals surface area contributed by atoms with Crippen molar-refractivity contribution < 1.29 is 13.2 Å². The Hall–Kier alpha value is -0.680. The molecule has 0 radical (unpaired) electrons. The molecule has 20 heavy (non-hydrogen) atoms. The van der Waals surface area contributed by atoms with Crippen molar-refractivity contribution in [2.24, 2.45) is 5.92 Å². The van der Waals surface area contributed by atoms with Crippen molar-refractivity contribution in [1.29, 1.82) is 0 Å². The van der Waals surface area contributed by atoms with Gasteiger partial charge in [0.05, 0.1) is 0 Å². The number of hydrogen-bond acceptors (Lipinski definition) is 2. The van der Waals surface area contributed by atoms with Crippen LogP contribution in [0.3, 0.4) is 0 Å². The van der Waals surface area contributed by atoms with Crippen molar-refractivity contribution >= 4 is 11.8 Å². The van der Waals surface area contributed by atoms with Crippen LogP contribution in [-0.4, -0.2) is 12.1 Å². The minimum absolute atomic E-state index is 0.0658. The van der Waals surface area contributed by atoms with Crippen LogP contribution in [0.4, 0.5) is 13.2 Å². The third-order valence-electron chi connectivity index (χ3n) is 3.69. The highest BCUT2D eigenvalue weighted by molar-refractivity contribution is 8.00. The van der Waals surface area contributed by atoms with Gasteiger partial charge in [-0.15, -0.1) is 0 Å². The van der Waals surface area contributed by atoms with Gasteiger partial charge < -0.3 is 5.32 Å². The zero-order valence-corrected chi connectivity index (χ0v) is 12.2. The summed E-state index contributed by atoms with van der Waals surface area (Å²) < 4.78 is 36.6. The fraction of sp³-hybridized carbons (Fsp3) is 0.600. The zero-order chi connectivity index (χ0) is 14.4. The lowest BCUT2D eigenvalue weighted by Crippen LogP contribution is -2.16. The average Bonchev–Trinajstić information content (AvgIpc) is 2.88. The van der Waals surface area contributed by atoms with Gasteiger partial charge in [0.2, 0.25) is 0 Å². The molecule has 0 amide bonds. The molecule has 1 aromatic carbocycles. The molecule has 0 aliphatic heterocycles. The molecule has 0 unspecified atom stereocenters. The standard InChI is InChI=1S/C15H20F3NS/c16-15(17,18)20-14-7-5-13(6-8-14)11-19-10-9-12-3-1-2-4-12/h5-8,12,19H,1-4,9-11H2. The average molecular weight is 303 g/mol. The monoisotopic (exact) mass is 303 g/mol. The van der Waals surface area contributed by atoms with Crippen LogP contribution in [0.1, 0.15) is 37.7 Å². The van der Waals surface area contributed by atoms with E-state index in [2.05, 4.69) is 5.32 Å². The fourth-order valence-corrected chi connectivity index (χ4v) is 3.19. The maximum absolute atomic E-state index is 12.2. The van der Waals surface area contributed by atoms with Crippen molar-refractivity contribution in [3.8, 4) is 0 Å². The predicted molar refractivity (Wildman–Crippen MR) is 76.6 cm³/mol. The molecule has 0 saturated heterocycles. The SMILES string of the molecule is FC(F)(F)Sc1ccc(CNCCC2CCCC2)cc1. The van der Waals surface area contributed by atoms with Gasteiger partial charge in [0, 0.05) is 11.4 Å². The number of nitrogens with one attached hydrogen (secondary N) is 1. The predicted octanol–water partition coefficient (Wildman–Crippen LogP) is 4.97. The molecule has 1 N–H and O–H groups in total. The molecular weight excluding hydrogens is 283 g/mol. The Morgan fingerprint density at radius 1 is 1.10 bits per heavy atom. The minimum Gasteiger partial charge on any atom is -0.313 e. The molecule has 1 saturated carbocycles. The largest absolute Gasteiger partial charge is 0.446 e. The molecule has 1 nitrogen and oxygen atoms in total. The summed E-state index contributed by atoms with van der Waals surface area (Å²) in [5.41, 5.74) is -3.18. The summed E-state index contributed by atoms with van der Waals surface area (Å²) >= 11 is -0.0658. The molecule has 1 aliphatic rings. The Bertz CT molecular complexity index is 397. The van der Waals surface area contributed by atoms with E-state index in [0.717, 1.165) is 24.6 Å². The summed E-state index contributed by atoms with van der Waals surface area (Å²) in [6.45, 7) is 1.72. The Labute approximate surface area is 122 Å². The molecule has 0 aromatic heterocycles. The minimum atomic E-state index is -4.21. The van der Waals surface area contributed by atoms with Crippen LogP contribution in [0.5, 0.6) is 0 Å². The molecule has 1 aromatic rings. The molecular formula is C15H20F3NS. The Kier molecular flexibility index (Phi) is 5.78. The first-order chi connectivity index (χ1) is 9.53. The lowest BCUT2D eigenvalue weighted by molar-refractivity contribution is -0.0328. The van der Waals surface area contributed by atoms with Crippen molar-refractivity contribution in [2.75, 3.05) is 6.54 Å². The van der Waals surface area contributed by atoms with Crippen LogP contribution in [-0.2, 0) is 6.54 Å². The summed E-state index contributed by atoms with van der Waals surface area (Å²) in [5, 5.41) is 3.37. The van der Waals surface area contributed by atoms with E-state index >= 15 is 0 Å². The van der Waals surface area contributed by atoms with Crippen LogP contribution >= 0.6 is 11.8 Å². The molecule has 5 heteroatoms. The number of rotatable bonds is 6. The maximum atomic E-state index is 12.2. The van der Waals surface area contributed by atoms with Crippen LogP contribution in [0.15, 0.2) is 29.2 Å². The number of halogens is 3. The molecule has 1 aliphatic carbocycles. The summed E-state index contributed by atoms with van der Waals surface area (Å²) in [6, 6.07) is 6.59. The highest BCUT2D eigenvalue weighted by Gasteiger charge is 2.28. The fourth-order valence-electron chi connectivity index (χ4n) is 2.65. The molecule has 2 rings (SSSR count). The second kappa shape index (κ2) is 7.36. The summed E-state index contributed by atoms with van der Waals surface area (Å²) in [4.78, 5) is 0.243. The molecule has 0 spiro atoms. The van der Waals surface area contributed by atoms with Crippen molar-refractivity contribution in [3.05, 3.63) is 29.8 Å². The summed E-state index contributed by atoms with van der Waals surface area (Å²) in [6.07, 6.45) is 6.64. The van der Waals surface area contributed by atoms with E-state index in [9.17, 15) is 13.2 Å². The van der Waals surface area contributed by atoms with Crippen LogP contribution < -0.4 is 5.32 Å². The topological polar surface area (TPSA) is 12.0 Å². The van der Waals surface area contributed by atoms with E-state index in [4.69, 9.17) is 0 Å². The van der Waals surface area contributed by atoms with Crippen LogP contribution in [0, 0.1) is 5.92 Å². The third-order valence-corrected chi connectivity index (χ3v) is 4.43. The number of alkyl halides is 3. The number of benzene rings is 1. The van der Waals surface area contributed by atoms with Gasteiger partial charge >= 0.3 is 5.51 Å². The molecule has 0 atom stereocenters. The molecule has 0 heterocycles. The van der Waals surface area contributed by atoms with Gasteiger partial charge in [-0.05, 0) is 48.3 Å². The van der Waals surface area contributed by atoms with Gasteiger partial charge in [-0.3, -0.25) is 0 Å². The lowest BCUT2D eigenvalue weighted by atomic mass is 10.0. The van der Waals surface area contributed by atoms with E-state index in [0.29, 0.717) is 0 Å². The van der Waals surface area contributed by atoms with Gasteiger partial charge in [0.1, 0.15) is 0 Å². The maximum Gasteiger partial charge on any atom is 0.446 e. The van der Waals surface area contributed by atoms with Gasteiger partial charge in [0.15, 0.2) is 0 Å². The van der Waals surface area contributed by atoms with E-state index in [1.54, 1.807) is 12.1 Å². The quantitative estimate of drug-likeness (QED) is 0.588. The van der Waals surface area contributed by atoms with E-state index in [1.807, 2.05) is 0 Å². The second-order valence-electron chi connectivity index (χ2n) is 5.31. The summed E-state index contributed by atoms with van der Waals surface area (Å²) in [5.74, 6) is 0.869. The van der Waals surface area contributed by atoms with Crippen molar-refractivity contribution in [3.63, 3.8) is 0 Å². The Balaban J connectivity index is 1.68. The van der Waals surface area contributed by atoms with Gasteiger partial charge in [-0.2, -0.15) is 13.2 Å². The van der Waals surface area contributed by atoms with E-state index in [1.165, 1.54) is 44.2 Å². The third kappa shape index (κ3) is 5.75. The van der Waals surface area contributed by atoms with E-state index in [-0.39, 0.29) is 16.7 Å². The van der Waals surface area contributed by atoms with Gasteiger partial charge in [-0.25, -0.2) is 0 Å². The molecule has 112 valence electrons. The van der Waals surface area contributed by atoms with Crippen LogP contribution in [0.2, 0.25) is 0 Å². The summed E-state index contributed by atoms with van der Waals surface area (Å²) in [7, 11) is 0. The first kappa shape index (κ1) is 15.7. The second-order valence-corrected chi connectivity index (χ2v) is 6.45. The van der Waals surface area contributed by atoms with Gasteiger partial charge in [-0.1, -0.05) is 37.8 Å². The highest BCUT2D eigenvalue weighted by atomic mass is 32.2. The molecule has 1 fully saturated rings. The normalized spacial score (nSPS) is 16.8. The first-order valence-corrected chi connectivity index (χ1v) is 7.90. The smallest absolute Gasteiger partial charge is 0.313 e. The highest BCUT2D eigenvalue weighted by Crippen LogP contribution is 2.36. The number of hydrogen-bond donors (Lipinski definition) is 1. The van der Waals surface area contributed by atoms with Gasteiger partial charge in [0.25, 0.3) is 0 Å². The lowest BCUT2D eigenvalue weighted by Gasteiger charge is -2.10. The Morgan fingerprint density at radius 2 is 1.75 bits per heavy atom. The Morgan fingerprint density at radius 3 is 2.35 bits per heavy atom. The zero-order valence-electron chi connectivity index (χ0n) is 11.4. The van der Waals surface area contributed by atoms with Crippen molar-refractivity contribution in [1.82, 2.24) is 5.32 Å².